The van der Waals surface area contributed by atoms with Crippen LogP contribution in [0.5, 0.6) is 0 Å². The van der Waals surface area contributed by atoms with Crippen molar-refractivity contribution >= 4 is 34.4 Å². The maximum atomic E-state index is 11.4. The van der Waals surface area contributed by atoms with E-state index in [1.54, 1.807) is 30.4 Å². The third-order valence-electron chi connectivity index (χ3n) is 10.0. The number of benzene rings is 5. The number of nitrogens with zero attached hydrogens (tertiary/aromatic N) is 1. The largest absolute Gasteiger partial charge is 0.744 e. The lowest BCUT2D eigenvalue weighted by atomic mass is 10.0. The fourth-order valence-corrected chi connectivity index (χ4v) is 7.42. The van der Waals surface area contributed by atoms with Crippen LogP contribution in [0.15, 0.2) is 132 Å². The lowest BCUT2D eigenvalue weighted by Gasteiger charge is -2.30. The van der Waals surface area contributed by atoms with E-state index in [1.807, 2.05) is 36.4 Å². The third kappa shape index (κ3) is 16.0. The van der Waals surface area contributed by atoms with Gasteiger partial charge < -0.3 is 9.04 Å². The molecule has 4 nitrogen and oxygen atoms in total. The van der Waals surface area contributed by atoms with Gasteiger partial charge in [-0.25, -0.2) is 8.42 Å². The maximum Gasteiger partial charge on any atom is 0.125 e. The molecule has 0 radical (unpaired) electrons. The maximum absolute atomic E-state index is 11.4. The van der Waals surface area contributed by atoms with Crippen molar-refractivity contribution < 1.29 is 17.5 Å². The van der Waals surface area contributed by atoms with Crippen LogP contribution in [0.25, 0.3) is 35.4 Å². The Labute approximate surface area is 332 Å². The highest BCUT2D eigenvalue weighted by Gasteiger charge is 2.15. The molecule has 0 aliphatic carbocycles. The van der Waals surface area contributed by atoms with Crippen molar-refractivity contribution in [2.24, 2.45) is 0 Å². The Balaban J connectivity index is 0.000000267. The molecular weight excluding hydrogens is 695 g/mol. The van der Waals surface area contributed by atoms with Crippen LogP contribution in [-0.2, 0) is 16.7 Å². The minimum absolute atomic E-state index is 0.213. The summed E-state index contributed by atoms with van der Waals surface area (Å²) >= 11 is 0. The van der Waals surface area contributed by atoms with Crippen molar-refractivity contribution in [3.05, 3.63) is 161 Å². The summed E-state index contributed by atoms with van der Waals surface area (Å²) in [6.07, 6.45) is 21.9. The summed E-state index contributed by atoms with van der Waals surface area (Å²) in [6, 6.07) is 41.7. The first-order valence-corrected chi connectivity index (χ1v) is 21.5. The van der Waals surface area contributed by atoms with Crippen LogP contribution in [0.3, 0.4) is 0 Å². The molecule has 290 valence electrons. The quantitative estimate of drug-likeness (QED) is 0.0365. The summed E-state index contributed by atoms with van der Waals surface area (Å²) < 4.78 is 35.4. The third-order valence-corrected chi connectivity index (χ3v) is 10.9. The van der Waals surface area contributed by atoms with Crippen molar-refractivity contribution in [3.63, 3.8) is 0 Å². The van der Waals surface area contributed by atoms with Crippen molar-refractivity contribution in [1.82, 2.24) is 0 Å². The number of hydrogen-bond donors (Lipinski definition) is 0. The van der Waals surface area contributed by atoms with Gasteiger partial charge in [-0.3, -0.25) is 0 Å². The summed E-state index contributed by atoms with van der Waals surface area (Å²) in [5.74, 6) is 0. The Morgan fingerprint density at radius 1 is 0.527 bits per heavy atom. The van der Waals surface area contributed by atoms with E-state index in [-0.39, 0.29) is 4.90 Å². The predicted molar refractivity (Wildman–Crippen MR) is 234 cm³/mol. The summed E-state index contributed by atoms with van der Waals surface area (Å²) in [6.45, 7) is 6.84. The number of hydrogen-bond acceptors (Lipinski definition) is 3. The zero-order valence-electron chi connectivity index (χ0n) is 33.5. The first-order chi connectivity index (χ1) is 26.5. The predicted octanol–water partition coefficient (Wildman–Crippen LogP) is 13.1. The molecule has 5 aromatic carbocycles. The van der Waals surface area contributed by atoms with Crippen LogP contribution < -0.4 is 0 Å². The van der Waals surface area contributed by atoms with Gasteiger partial charge in [-0.2, -0.15) is 0 Å². The second-order valence-electron chi connectivity index (χ2n) is 15.2. The van der Waals surface area contributed by atoms with Crippen LogP contribution in [0.2, 0.25) is 0 Å². The lowest BCUT2D eigenvalue weighted by molar-refractivity contribution is -0.903. The molecule has 0 unspecified atom stereocenters. The molecule has 0 N–H and O–H groups in total. The molecule has 0 amide bonds. The van der Waals surface area contributed by atoms with Crippen LogP contribution in [0.1, 0.15) is 105 Å². The molecule has 5 heteroatoms. The van der Waals surface area contributed by atoms with Gasteiger partial charge in [0.2, 0.25) is 0 Å². The molecule has 5 rings (SSSR count). The smallest absolute Gasteiger partial charge is 0.125 e. The lowest BCUT2D eigenvalue weighted by Crippen LogP contribution is -2.39. The normalized spacial score (nSPS) is 11.9. The first-order valence-electron chi connectivity index (χ1n) is 20.1. The fourth-order valence-electron chi connectivity index (χ4n) is 6.75. The minimum Gasteiger partial charge on any atom is -0.744 e. The number of aryl methyl sites for hydroxylation is 1. The zero-order valence-corrected chi connectivity index (χ0v) is 34.3. The molecule has 0 heterocycles. The second kappa shape index (κ2) is 22.7. The van der Waals surface area contributed by atoms with Crippen molar-refractivity contribution in [1.29, 1.82) is 0 Å². The molecule has 0 atom stereocenters. The average Bonchev–Trinajstić information content (AvgIpc) is 3.18. The van der Waals surface area contributed by atoms with Gasteiger partial charge in [0.1, 0.15) is 16.7 Å². The molecule has 0 aliphatic heterocycles. The minimum atomic E-state index is -4.51. The Morgan fingerprint density at radius 3 is 1.51 bits per heavy atom. The first kappa shape index (κ1) is 43.2. The highest BCUT2D eigenvalue weighted by Crippen LogP contribution is 2.23. The van der Waals surface area contributed by atoms with E-state index in [1.165, 1.54) is 93.5 Å². The zero-order chi connectivity index (χ0) is 39.4. The van der Waals surface area contributed by atoms with Gasteiger partial charge in [-0.05, 0) is 64.8 Å². The van der Waals surface area contributed by atoms with E-state index in [9.17, 15) is 13.0 Å². The molecular formula is C50H61NO3S. The van der Waals surface area contributed by atoms with Crippen LogP contribution in [0, 0.1) is 6.92 Å². The standard InChI is InChI=1S/C29H24O3S.C21H38N/c1-22-6-2-3-7-25(22)16-10-23-11-17-26(18-12-23)27-19-13-24(14-20-27)15-21-28-8-4-5-9-29(28)33(30,31)32;1-4-5-6-7-8-9-10-11-12-16-19-22(2,3)20-21-17-14-13-15-18-21/h2-21H,1H3,(H,30,31,32);13-15,17-18H,4-12,16,19-20H2,1-3H3/q;+1/p-1/b16-10+,21-15+;. The molecule has 5 aromatic rings. The molecule has 0 aromatic heterocycles. The summed E-state index contributed by atoms with van der Waals surface area (Å²) in [5.41, 5.74) is 8.54. The fraction of sp³-hybridized carbons (Fsp3) is 0.320. The van der Waals surface area contributed by atoms with Gasteiger partial charge in [0.05, 0.1) is 25.5 Å². The van der Waals surface area contributed by atoms with E-state index in [2.05, 4.69) is 107 Å². The SMILES string of the molecule is CCCCCCCCCCCC[N+](C)(C)Cc1ccccc1.Cc1ccccc1/C=C/c1ccc(-c2ccc(/C=C/c3ccccc3S(=O)(=O)[O-])cc2)cc1. The second-order valence-corrected chi connectivity index (χ2v) is 16.6. The number of unbranched alkanes of at least 4 members (excludes halogenated alkanes) is 9. The Morgan fingerprint density at radius 2 is 0.982 bits per heavy atom. The van der Waals surface area contributed by atoms with Crippen LogP contribution in [-0.4, -0.2) is 38.1 Å². The van der Waals surface area contributed by atoms with E-state index >= 15 is 0 Å². The summed E-state index contributed by atoms with van der Waals surface area (Å²) in [4.78, 5) is -0.213. The number of quaternary nitrogens is 1. The van der Waals surface area contributed by atoms with Crippen molar-refractivity contribution in [3.8, 4) is 11.1 Å². The molecule has 0 saturated carbocycles. The monoisotopic (exact) mass is 755 g/mol. The molecule has 0 aliphatic rings. The Kier molecular flexibility index (Phi) is 17.9. The molecule has 0 fully saturated rings. The van der Waals surface area contributed by atoms with Gasteiger partial charge in [-0.15, -0.1) is 0 Å². The van der Waals surface area contributed by atoms with Crippen molar-refractivity contribution in [2.45, 2.75) is 89.5 Å². The van der Waals surface area contributed by atoms with Crippen LogP contribution in [0.4, 0.5) is 0 Å². The van der Waals surface area contributed by atoms with Gasteiger partial charge in [0, 0.05) is 5.56 Å². The molecule has 55 heavy (non-hydrogen) atoms. The molecule has 0 bridgehead atoms. The van der Waals surface area contributed by atoms with Gasteiger partial charge in [0.15, 0.2) is 0 Å². The van der Waals surface area contributed by atoms with Gasteiger partial charge >= 0.3 is 0 Å². The summed E-state index contributed by atoms with van der Waals surface area (Å²) in [7, 11) is 0.211. The van der Waals surface area contributed by atoms with Crippen LogP contribution >= 0.6 is 0 Å². The molecule has 0 saturated heterocycles. The highest BCUT2D eigenvalue weighted by molar-refractivity contribution is 7.85. The number of rotatable bonds is 19. The van der Waals surface area contributed by atoms with Crippen molar-refractivity contribution in [2.75, 3.05) is 20.6 Å². The average molecular weight is 756 g/mol. The highest BCUT2D eigenvalue weighted by atomic mass is 32.2. The van der Waals surface area contributed by atoms with E-state index in [4.69, 9.17) is 0 Å². The van der Waals surface area contributed by atoms with Gasteiger partial charge in [-0.1, -0.05) is 204 Å². The van der Waals surface area contributed by atoms with E-state index in [0.717, 1.165) is 33.3 Å². The topological polar surface area (TPSA) is 57.2 Å². The summed E-state index contributed by atoms with van der Waals surface area (Å²) in [5, 5.41) is 0. The Hall–Kier alpha value is -4.55. The molecule has 0 spiro atoms. The Bertz CT molecular complexity index is 2010. The van der Waals surface area contributed by atoms with Gasteiger partial charge in [0.25, 0.3) is 0 Å². The van der Waals surface area contributed by atoms with E-state index in [0.29, 0.717) is 5.56 Å². The van der Waals surface area contributed by atoms with E-state index < -0.39 is 10.1 Å².